The maximum absolute atomic E-state index is 11.1. The minimum absolute atomic E-state index is 0.165. The van der Waals surface area contributed by atoms with Gasteiger partial charge in [0, 0.05) is 18.4 Å². The van der Waals surface area contributed by atoms with Crippen LogP contribution >= 0.6 is 0 Å². The van der Waals surface area contributed by atoms with E-state index in [1.807, 2.05) is 18.5 Å². The molecule has 11 nitrogen and oxygen atoms in total. The fourth-order valence-corrected chi connectivity index (χ4v) is 5.35. The summed E-state index contributed by atoms with van der Waals surface area (Å²) in [6.45, 7) is 7.93. The van der Waals surface area contributed by atoms with Crippen LogP contribution in [0, 0.1) is 0 Å². The molecule has 0 bridgehead atoms. The summed E-state index contributed by atoms with van der Waals surface area (Å²) in [6.07, 6.45) is 4.91. The van der Waals surface area contributed by atoms with Gasteiger partial charge in [-0.05, 0) is 65.8 Å². The van der Waals surface area contributed by atoms with E-state index < -0.39 is 46.5 Å². The van der Waals surface area contributed by atoms with E-state index in [0.717, 1.165) is 0 Å². The Morgan fingerprint density at radius 2 is 1.97 bits per heavy atom. The molecule has 1 aromatic heterocycles. The molecule has 0 amide bonds. The number of likely N-dealkylation sites (tertiary alicyclic amines) is 1. The van der Waals surface area contributed by atoms with Gasteiger partial charge >= 0.3 is 10.3 Å². The van der Waals surface area contributed by atoms with E-state index in [1.165, 1.54) is 24.9 Å². The van der Waals surface area contributed by atoms with Gasteiger partial charge in [0.25, 0.3) is 0 Å². The lowest BCUT2D eigenvalue weighted by atomic mass is 9.98. The molecule has 4 aliphatic rings. The molecule has 4 aliphatic heterocycles. The number of pyridine rings is 1. The molecule has 5 atom stereocenters. The van der Waals surface area contributed by atoms with Crippen molar-refractivity contribution in [2.45, 2.75) is 82.3 Å². The zero-order valence-electron chi connectivity index (χ0n) is 20.3. The lowest BCUT2D eigenvalue weighted by Crippen LogP contribution is -2.60. The standard InChI is InChI=1S/C12H21NO8S.C10H14N2/c1-10(2)18-7-5-16-12(6-17-22(13,14)15)9(8(7)19-10)20-11(3,4)21-12;1-12-7-3-5-10(12)9-4-2-6-11-8-9/h7-9H,5-6H2,1-4H3,(H2,13,14,15);2,4,6,8,10H,3,5,7H2,1H3/t7-,8-,9+,12+;/m1./s1. The van der Waals surface area contributed by atoms with Crippen molar-refractivity contribution in [1.29, 1.82) is 0 Å². The second kappa shape index (κ2) is 9.34. The van der Waals surface area contributed by atoms with Gasteiger partial charge in [-0.15, -0.1) is 0 Å². The summed E-state index contributed by atoms with van der Waals surface area (Å²) in [5, 5.41) is 4.89. The molecule has 1 unspecified atom stereocenters. The molecule has 12 heteroatoms. The number of fused-ring (bicyclic) bond motifs is 3. The number of aromatic nitrogens is 1. The highest BCUT2D eigenvalue weighted by Gasteiger charge is 2.65. The van der Waals surface area contributed by atoms with Gasteiger partial charge in [0.1, 0.15) is 24.9 Å². The van der Waals surface area contributed by atoms with E-state index in [4.69, 9.17) is 33.0 Å². The van der Waals surface area contributed by atoms with Crippen LogP contribution in [0.2, 0.25) is 0 Å². The first-order chi connectivity index (χ1) is 15.8. The van der Waals surface area contributed by atoms with Crippen molar-refractivity contribution >= 4 is 10.3 Å². The van der Waals surface area contributed by atoms with Gasteiger partial charge < -0.3 is 23.7 Å². The minimum Gasteiger partial charge on any atom is -0.343 e. The van der Waals surface area contributed by atoms with Crippen LogP contribution in [-0.4, -0.2) is 80.8 Å². The Hall–Kier alpha value is -1.22. The molecule has 0 aliphatic carbocycles. The predicted octanol–water partition coefficient (Wildman–Crippen LogP) is 1.45. The summed E-state index contributed by atoms with van der Waals surface area (Å²) in [6, 6.07) is 4.79. The van der Waals surface area contributed by atoms with Gasteiger partial charge in [0.05, 0.1) is 6.61 Å². The van der Waals surface area contributed by atoms with Crippen molar-refractivity contribution in [3.63, 3.8) is 0 Å². The zero-order chi connectivity index (χ0) is 24.8. The van der Waals surface area contributed by atoms with Crippen LogP contribution in [0.1, 0.15) is 52.1 Å². The molecule has 5 heterocycles. The Morgan fingerprint density at radius 3 is 2.59 bits per heavy atom. The van der Waals surface area contributed by atoms with Crippen LogP contribution in [0.5, 0.6) is 0 Å². The van der Waals surface area contributed by atoms with E-state index >= 15 is 0 Å². The van der Waals surface area contributed by atoms with E-state index in [9.17, 15) is 8.42 Å². The Labute approximate surface area is 201 Å². The van der Waals surface area contributed by atoms with Gasteiger partial charge in [0.2, 0.25) is 5.79 Å². The molecule has 0 aromatic carbocycles. The van der Waals surface area contributed by atoms with E-state index in [-0.39, 0.29) is 12.7 Å². The van der Waals surface area contributed by atoms with Crippen molar-refractivity contribution < 1.29 is 36.3 Å². The molecule has 0 spiro atoms. The summed E-state index contributed by atoms with van der Waals surface area (Å²) >= 11 is 0. The highest BCUT2D eigenvalue weighted by atomic mass is 32.2. The second-order valence-corrected chi connectivity index (χ2v) is 11.2. The molecular weight excluding hydrogens is 466 g/mol. The van der Waals surface area contributed by atoms with Crippen LogP contribution in [-0.2, 0) is 38.2 Å². The smallest absolute Gasteiger partial charge is 0.333 e. The van der Waals surface area contributed by atoms with Crippen molar-refractivity contribution in [1.82, 2.24) is 9.88 Å². The van der Waals surface area contributed by atoms with Crippen LogP contribution in [0.4, 0.5) is 0 Å². The number of nitrogens with two attached hydrogens (primary N) is 1. The summed E-state index contributed by atoms with van der Waals surface area (Å²) in [4.78, 5) is 6.54. The van der Waals surface area contributed by atoms with Gasteiger partial charge in [-0.25, -0.2) is 5.14 Å². The monoisotopic (exact) mass is 501 g/mol. The Kier molecular flexibility index (Phi) is 7.10. The molecule has 2 N–H and O–H groups in total. The summed E-state index contributed by atoms with van der Waals surface area (Å²) in [5.74, 6) is -3.19. The molecule has 0 radical (unpaired) electrons. The SMILES string of the molecule is CC1(C)O[C@@H]2[C@@H](CO[C@@]3(COS(N)(=O)=O)OC(C)(C)O[C@@H]23)O1.CN1CCCC1c1cccnc1. The quantitative estimate of drug-likeness (QED) is 0.646. The van der Waals surface area contributed by atoms with Crippen molar-refractivity contribution in [2.75, 3.05) is 26.8 Å². The Balaban J connectivity index is 0.000000192. The predicted molar refractivity (Wildman–Crippen MR) is 120 cm³/mol. The third kappa shape index (κ3) is 5.77. The second-order valence-electron chi connectivity index (χ2n) is 9.98. The summed E-state index contributed by atoms with van der Waals surface area (Å²) in [7, 11) is -1.95. The van der Waals surface area contributed by atoms with Crippen molar-refractivity contribution in [3.8, 4) is 0 Å². The summed E-state index contributed by atoms with van der Waals surface area (Å²) in [5.41, 5.74) is 1.36. The molecule has 1 aromatic rings. The van der Waals surface area contributed by atoms with Gasteiger partial charge in [-0.3, -0.25) is 14.1 Å². The fraction of sp³-hybridized carbons (Fsp3) is 0.773. The van der Waals surface area contributed by atoms with Crippen LogP contribution in [0.15, 0.2) is 24.5 Å². The van der Waals surface area contributed by atoms with Crippen molar-refractivity contribution in [3.05, 3.63) is 30.1 Å². The van der Waals surface area contributed by atoms with E-state index in [1.54, 1.807) is 27.7 Å². The van der Waals surface area contributed by atoms with E-state index in [0.29, 0.717) is 6.04 Å². The lowest BCUT2D eigenvalue weighted by Gasteiger charge is -2.40. The minimum atomic E-state index is -4.14. The normalized spacial score (nSPS) is 36.4. The number of ether oxygens (including phenoxy) is 5. The van der Waals surface area contributed by atoms with Gasteiger partial charge in [-0.1, -0.05) is 6.07 Å². The first-order valence-corrected chi connectivity index (χ1v) is 12.9. The highest BCUT2D eigenvalue weighted by Crippen LogP contribution is 2.47. The highest BCUT2D eigenvalue weighted by molar-refractivity contribution is 7.84. The Bertz CT molecular complexity index is 960. The molecule has 5 rings (SSSR count). The average molecular weight is 502 g/mol. The largest absolute Gasteiger partial charge is 0.343 e. The zero-order valence-corrected chi connectivity index (χ0v) is 21.1. The third-order valence-corrected chi connectivity index (χ3v) is 6.74. The number of hydrogen-bond donors (Lipinski definition) is 1. The van der Waals surface area contributed by atoms with Crippen LogP contribution in [0.3, 0.4) is 0 Å². The number of rotatable bonds is 4. The summed E-state index contributed by atoms with van der Waals surface area (Å²) < 4.78 is 55.9. The first-order valence-electron chi connectivity index (χ1n) is 11.4. The Morgan fingerprint density at radius 1 is 1.21 bits per heavy atom. The molecule has 4 saturated heterocycles. The van der Waals surface area contributed by atoms with Crippen LogP contribution in [0.25, 0.3) is 0 Å². The third-order valence-electron chi connectivity index (χ3n) is 6.29. The number of nitrogens with zero attached hydrogens (tertiary/aromatic N) is 2. The maximum atomic E-state index is 11.1. The fourth-order valence-electron chi connectivity index (χ4n) is 5.02. The van der Waals surface area contributed by atoms with Crippen LogP contribution < -0.4 is 5.14 Å². The topological polar surface area (TPSA) is 132 Å². The van der Waals surface area contributed by atoms with Crippen molar-refractivity contribution in [2.24, 2.45) is 5.14 Å². The molecule has 0 saturated carbocycles. The maximum Gasteiger partial charge on any atom is 0.333 e. The molecule has 34 heavy (non-hydrogen) atoms. The van der Waals surface area contributed by atoms with Gasteiger partial charge in [0.15, 0.2) is 11.6 Å². The average Bonchev–Trinajstić information content (AvgIpc) is 3.38. The molecule has 192 valence electrons. The molecular formula is C22H35N3O8S. The molecule has 4 fully saturated rings. The number of hydrogen-bond acceptors (Lipinski definition) is 10. The van der Waals surface area contributed by atoms with Gasteiger partial charge in [-0.2, -0.15) is 8.42 Å². The first kappa shape index (κ1) is 25.9. The van der Waals surface area contributed by atoms with E-state index in [2.05, 4.69) is 23.0 Å². The lowest BCUT2D eigenvalue weighted by molar-refractivity contribution is -0.290.